The van der Waals surface area contributed by atoms with E-state index in [1.54, 1.807) is 20.3 Å². The van der Waals surface area contributed by atoms with E-state index in [2.05, 4.69) is 0 Å². The smallest absolute Gasteiger partial charge is 0.254 e. The van der Waals surface area contributed by atoms with Gasteiger partial charge in [-0.3, -0.25) is 4.79 Å². The average molecular weight is 307 g/mol. The SMILES string of the molecule is COC[C@H]1CN(C(=O)c2ccc(C)c(OC)c2)CC(C)(C)O1. The van der Waals surface area contributed by atoms with E-state index in [-0.39, 0.29) is 17.6 Å². The van der Waals surface area contributed by atoms with E-state index >= 15 is 0 Å². The number of carbonyl (C=O) groups excluding carboxylic acids is 1. The van der Waals surface area contributed by atoms with Gasteiger partial charge in [-0.05, 0) is 38.5 Å². The minimum absolute atomic E-state index is 0.00391. The van der Waals surface area contributed by atoms with E-state index in [9.17, 15) is 4.79 Å². The molecule has 5 heteroatoms. The minimum atomic E-state index is -0.383. The maximum absolute atomic E-state index is 12.8. The summed E-state index contributed by atoms with van der Waals surface area (Å²) >= 11 is 0. The zero-order valence-electron chi connectivity index (χ0n) is 14.0. The number of carbonyl (C=O) groups is 1. The van der Waals surface area contributed by atoms with Crippen molar-refractivity contribution >= 4 is 5.91 Å². The summed E-state index contributed by atoms with van der Waals surface area (Å²) < 4.78 is 16.4. The highest BCUT2D eigenvalue weighted by Gasteiger charge is 2.36. The summed E-state index contributed by atoms with van der Waals surface area (Å²) in [6.45, 7) is 7.51. The molecule has 1 saturated heterocycles. The summed E-state index contributed by atoms with van der Waals surface area (Å²) in [7, 11) is 3.25. The Labute approximate surface area is 132 Å². The van der Waals surface area contributed by atoms with Crippen LogP contribution in [0, 0.1) is 6.92 Å². The Kier molecular flexibility index (Phi) is 5.08. The fourth-order valence-corrected chi connectivity index (χ4v) is 2.86. The highest BCUT2D eigenvalue weighted by molar-refractivity contribution is 5.95. The maximum atomic E-state index is 12.8. The number of hydrogen-bond donors (Lipinski definition) is 0. The molecule has 1 aliphatic heterocycles. The van der Waals surface area contributed by atoms with Gasteiger partial charge >= 0.3 is 0 Å². The van der Waals surface area contributed by atoms with Gasteiger partial charge in [0.05, 0.1) is 25.4 Å². The lowest BCUT2D eigenvalue weighted by atomic mass is 10.0. The molecule has 0 spiro atoms. The highest BCUT2D eigenvalue weighted by atomic mass is 16.5. The van der Waals surface area contributed by atoms with Gasteiger partial charge in [-0.2, -0.15) is 0 Å². The largest absolute Gasteiger partial charge is 0.496 e. The molecule has 0 aromatic heterocycles. The normalized spacial score (nSPS) is 20.8. The van der Waals surface area contributed by atoms with Gasteiger partial charge in [0.25, 0.3) is 5.91 Å². The van der Waals surface area contributed by atoms with Crippen LogP contribution in [0.1, 0.15) is 29.8 Å². The number of aryl methyl sites for hydroxylation is 1. The Balaban J connectivity index is 2.20. The Morgan fingerprint density at radius 1 is 1.41 bits per heavy atom. The first kappa shape index (κ1) is 16.8. The number of methoxy groups -OCH3 is 2. The van der Waals surface area contributed by atoms with E-state index < -0.39 is 0 Å². The lowest BCUT2D eigenvalue weighted by Crippen LogP contribution is -2.55. The van der Waals surface area contributed by atoms with Crippen molar-refractivity contribution in [3.05, 3.63) is 29.3 Å². The van der Waals surface area contributed by atoms with Crippen LogP contribution in [0.25, 0.3) is 0 Å². The monoisotopic (exact) mass is 307 g/mol. The van der Waals surface area contributed by atoms with Crippen LogP contribution in [0.15, 0.2) is 18.2 Å². The van der Waals surface area contributed by atoms with Crippen molar-refractivity contribution in [2.75, 3.05) is 33.9 Å². The van der Waals surface area contributed by atoms with Gasteiger partial charge in [0.2, 0.25) is 0 Å². The van der Waals surface area contributed by atoms with Crippen LogP contribution in [0.2, 0.25) is 0 Å². The molecule has 1 aromatic carbocycles. The van der Waals surface area contributed by atoms with Crippen molar-refractivity contribution in [3.63, 3.8) is 0 Å². The minimum Gasteiger partial charge on any atom is -0.496 e. The number of amides is 1. The standard InChI is InChI=1S/C17H25NO4/c1-12-6-7-13(8-15(12)21-5)16(19)18-9-14(10-20-4)22-17(2,3)11-18/h6-8,14H,9-11H2,1-5H3/t14-/m1/s1. The van der Waals surface area contributed by atoms with Gasteiger partial charge in [-0.25, -0.2) is 0 Å². The molecule has 1 aliphatic rings. The molecule has 1 fully saturated rings. The van der Waals surface area contributed by atoms with Crippen molar-refractivity contribution < 1.29 is 19.0 Å². The van der Waals surface area contributed by atoms with Crippen LogP contribution in [0.3, 0.4) is 0 Å². The van der Waals surface area contributed by atoms with E-state index in [1.807, 2.05) is 37.8 Å². The van der Waals surface area contributed by atoms with Gasteiger partial charge in [-0.1, -0.05) is 6.07 Å². The molecular formula is C17H25NO4. The van der Waals surface area contributed by atoms with Crippen LogP contribution in [0.4, 0.5) is 0 Å². The van der Waals surface area contributed by atoms with Gasteiger partial charge in [-0.15, -0.1) is 0 Å². The maximum Gasteiger partial charge on any atom is 0.254 e. The zero-order chi connectivity index (χ0) is 16.3. The van der Waals surface area contributed by atoms with Crippen molar-refractivity contribution in [3.8, 4) is 5.75 Å². The van der Waals surface area contributed by atoms with Crippen molar-refractivity contribution in [2.24, 2.45) is 0 Å². The predicted molar refractivity (Wildman–Crippen MR) is 84.5 cm³/mol. The van der Waals surface area contributed by atoms with Gasteiger partial charge in [0.1, 0.15) is 5.75 Å². The lowest BCUT2D eigenvalue weighted by molar-refractivity contribution is -0.143. The van der Waals surface area contributed by atoms with E-state index in [1.165, 1.54) is 0 Å². The van der Waals surface area contributed by atoms with Gasteiger partial charge in [0, 0.05) is 25.8 Å². The second kappa shape index (κ2) is 6.67. The Bertz CT molecular complexity index is 541. The number of ether oxygens (including phenoxy) is 3. The molecule has 0 radical (unpaired) electrons. The molecule has 1 aromatic rings. The Hall–Kier alpha value is -1.59. The summed E-state index contributed by atoms with van der Waals surface area (Å²) in [5.41, 5.74) is 1.27. The third-order valence-electron chi connectivity index (χ3n) is 3.78. The molecule has 5 nitrogen and oxygen atoms in total. The topological polar surface area (TPSA) is 48.0 Å². The number of hydrogen-bond acceptors (Lipinski definition) is 4. The van der Waals surface area contributed by atoms with Crippen LogP contribution in [-0.4, -0.2) is 56.4 Å². The van der Waals surface area contributed by atoms with E-state index in [4.69, 9.17) is 14.2 Å². The summed E-state index contributed by atoms with van der Waals surface area (Å²) in [5, 5.41) is 0. The lowest BCUT2D eigenvalue weighted by Gasteiger charge is -2.42. The molecule has 0 saturated carbocycles. The van der Waals surface area contributed by atoms with Crippen molar-refractivity contribution in [2.45, 2.75) is 32.5 Å². The summed E-state index contributed by atoms with van der Waals surface area (Å²) in [5.74, 6) is 0.725. The highest BCUT2D eigenvalue weighted by Crippen LogP contribution is 2.25. The molecule has 2 rings (SSSR count). The van der Waals surface area contributed by atoms with Gasteiger partial charge in [0.15, 0.2) is 0 Å². The quantitative estimate of drug-likeness (QED) is 0.856. The molecule has 0 N–H and O–H groups in total. The summed E-state index contributed by atoms with van der Waals surface area (Å²) in [4.78, 5) is 14.6. The van der Waals surface area contributed by atoms with E-state index in [0.29, 0.717) is 25.3 Å². The first-order chi connectivity index (χ1) is 10.4. The molecule has 1 atom stereocenters. The van der Waals surface area contributed by atoms with Crippen molar-refractivity contribution in [1.29, 1.82) is 0 Å². The molecular weight excluding hydrogens is 282 g/mol. The molecule has 0 bridgehead atoms. The second-order valence-corrected chi connectivity index (χ2v) is 6.32. The molecule has 22 heavy (non-hydrogen) atoms. The summed E-state index contributed by atoms with van der Waals surface area (Å²) in [6, 6.07) is 5.55. The Morgan fingerprint density at radius 3 is 2.77 bits per heavy atom. The first-order valence-corrected chi connectivity index (χ1v) is 7.47. The molecule has 1 heterocycles. The van der Waals surface area contributed by atoms with Crippen molar-refractivity contribution in [1.82, 2.24) is 4.90 Å². The fourth-order valence-electron chi connectivity index (χ4n) is 2.86. The van der Waals surface area contributed by atoms with E-state index in [0.717, 1.165) is 11.3 Å². The fraction of sp³-hybridized carbons (Fsp3) is 0.588. The molecule has 1 amide bonds. The molecule has 0 aliphatic carbocycles. The number of benzene rings is 1. The van der Waals surface area contributed by atoms with Crippen LogP contribution in [-0.2, 0) is 9.47 Å². The number of rotatable bonds is 4. The number of morpholine rings is 1. The third kappa shape index (κ3) is 3.78. The predicted octanol–water partition coefficient (Wildman–Crippen LogP) is 2.27. The molecule has 0 unspecified atom stereocenters. The zero-order valence-corrected chi connectivity index (χ0v) is 14.0. The third-order valence-corrected chi connectivity index (χ3v) is 3.78. The van der Waals surface area contributed by atoms with Crippen LogP contribution < -0.4 is 4.74 Å². The Morgan fingerprint density at radius 2 is 2.14 bits per heavy atom. The number of nitrogens with zero attached hydrogens (tertiary/aromatic N) is 1. The average Bonchev–Trinajstić information content (AvgIpc) is 2.45. The first-order valence-electron chi connectivity index (χ1n) is 7.47. The van der Waals surface area contributed by atoms with Crippen LogP contribution >= 0.6 is 0 Å². The van der Waals surface area contributed by atoms with Gasteiger partial charge < -0.3 is 19.1 Å². The van der Waals surface area contributed by atoms with Crippen LogP contribution in [0.5, 0.6) is 5.75 Å². The molecule has 122 valence electrons. The second-order valence-electron chi connectivity index (χ2n) is 6.32. The summed E-state index contributed by atoms with van der Waals surface area (Å²) in [6.07, 6.45) is -0.106.